The summed E-state index contributed by atoms with van der Waals surface area (Å²) in [4.78, 5) is 12.7. The molecule has 0 saturated heterocycles. The van der Waals surface area contributed by atoms with E-state index in [1.807, 2.05) is 29.1 Å². The molecule has 0 bridgehead atoms. The minimum absolute atomic E-state index is 0.162. The number of aryl methyl sites for hydroxylation is 1. The van der Waals surface area contributed by atoms with Crippen LogP contribution in [0.3, 0.4) is 0 Å². The van der Waals surface area contributed by atoms with Crippen LogP contribution in [-0.2, 0) is 7.05 Å². The van der Waals surface area contributed by atoms with Gasteiger partial charge in [0.15, 0.2) is 0 Å². The Morgan fingerprint density at radius 1 is 1.25 bits per heavy atom. The first-order chi connectivity index (χ1) is 11.6. The number of rotatable bonds is 4. The lowest BCUT2D eigenvalue weighted by molar-refractivity contribution is -0.00588. The quantitative estimate of drug-likeness (QED) is 0.731. The van der Waals surface area contributed by atoms with Crippen molar-refractivity contribution in [3.8, 4) is 5.82 Å². The number of nitrogens with one attached hydrogen (secondary N) is 1. The fourth-order valence-electron chi connectivity index (χ4n) is 3.19. The van der Waals surface area contributed by atoms with Crippen LogP contribution in [0.15, 0.2) is 49.2 Å². The maximum Gasteiger partial charge on any atom is 0.256 e. The second kappa shape index (κ2) is 5.64. The van der Waals surface area contributed by atoms with Crippen molar-refractivity contribution in [3.63, 3.8) is 0 Å². The first kappa shape index (κ1) is 14.7. The molecular formula is C16H18N6O2. The van der Waals surface area contributed by atoms with E-state index in [2.05, 4.69) is 15.5 Å². The van der Waals surface area contributed by atoms with Gasteiger partial charge in [-0.1, -0.05) is 0 Å². The molecule has 0 radical (unpaired) electrons. The van der Waals surface area contributed by atoms with Crippen molar-refractivity contribution in [1.29, 1.82) is 0 Å². The Hall–Kier alpha value is -2.87. The van der Waals surface area contributed by atoms with Crippen LogP contribution >= 0.6 is 0 Å². The third-order valence-corrected chi connectivity index (χ3v) is 4.45. The lowest BCUT2D eigenvalue weighted by Crippen LogP contribution is -2.56. The van der Waals surface area contributed by atoms with Crippen molar-refractivity contribution in [2.75, 3.05) is 0 Å². The first-order valence-electron chi connectivity index (χ1n) is 7.78. The van der Waals surface area contributed by atoms with Crippen molar-refractivity contribution in [1.82, 2.24) is 29.4 Å². The van der Waals surface area contributed by atoms with E-state index in [4.69, 9.17) is 0 Å². The van der Waals surface area contributed by atoms with Gasteiger partial charge in [0.1, 0.15) is 11.4 Å². The molecule has 4 rings (SSSR count). The SMILES string of the molecule is Cn1ncc(C(=O)N[C@H]2C[C@@H](O)[C@@H]2n2cccn2)c1-n1cccc1. The zero-order valence-corrected chi connectivity index (χ0v) is 13.1. The third-order valence-electron chi connectivity index (χ3n) is 4.45. The number of carbonyl (C=O) groups excluding carboxylic acids is 1. The topological polar surface area (TPSA) is 89.9 Å². The highest BCUT2D eigenvalue weighted by Crippen LogP contribution is 2.32. The average molecular weight is 326 g/mol. The van der Waals surface area contributed by atoms with Crippen LogP contribution in [0.1, 0.15) is 22.8 Å². The summed E-state index contributed by atoms with van der Waals surface area (Å²) < 4.78 is 5.20. The number of amides is 1. The lowest BCUT2D eigenvalue weighted by atomic mass is 9.83. The van der Waals surface area contributed by atoms with Gasteiger partial charge in [-0.15, -0.1) is 0 Å². The Balaban J connectivity index is 1.56. The van der Waals surface area contributed by atoms with Crippen LogP contribution in [0, 0.1) is 0 Å². The summed E-state index contributed by atoms with van der Waals surface area (Å²) in [6.07, 6.45) is 8.75. The van der Waals surface area contributed by atoms with Crippen LogP contribution in [0.5, 0.6) is 0 Å². The molecule has 124 valence electrons. The van der Waals surface area contributed by atoms with E-state index < -0.39 is 6.10 Å². The van der Waals surface area contributed by atoms with Gasteiger partial charge >= 0.3 is 0 Å². The smallest absolute Gasteiger partial charge is 0.256 e. The molecule has 24 heavy (non-hydrogen) atoms. The molecule has 8 heteroatoms. The van der Waals surface area contributed by atoms with Gasteiger partial charge in [-0.05, 0) is 24.6 Å². The van der Waals surface area contributed by atoms with Crippen LogP contribution in [0.25, 0.3) is 5.82 Å². The van der Waals surface area contributed by atoms with E-state index >= 15 is 0 Å². The van der Waals surface area contributed by atoms with E-state index in [0.29, 0.717) is 17.8 Å². The van der Waals surface area contributed by atoms with Crippen molar-refractivity contribution in [2.24, 2.45) is 7.05 Å². The Kier molecular flexibility index (Phi) is 3.46. The van der Waals surface area contributed by atoms with Gasteiger partial charge in [-0.3, -0.25) is 14.2 Å². The van der Waals surface area contributed by atoms with Crippen LogP contribution in [0.4, 0.5) is 0 Å². The summed E-state index contributed by atoms with van der Waals surface area (Å²) in [7, 11) is 1.80. The summed E-state index contributed by atoms with van der Waals surface area (Å²) in [6, 6.07) is 5.19. The minimum atomic E-state index is -0.506. The highest BCUT2D eigenvalue weighted by Gasteiger charge is 2.43. The standard InChI is InChI=1S/C16H18N6O2/c1-20-16(21-6-2-3-7-21)11(10-18-20)15(24)19-12-9-13(23)14(12)22-8-4-5-17-22/h2-8,10,12-14,23H,9H2,1H3,(H,19,24)/t12-,13+,14+/m0/s1. The summed E-state index contributed by atoms with van der Waals surface area (Å²) >= 11 is 0. The number of aliphatic hydroxyl groups is 1. The van der Waals surface area contributed by atoms with E-state index in [1.54, 1.807) is 41.1 Å². The highest BCUT2D eigenvalue weighted by atomic mass is 16.3. The third kappa shape index (κ3) is 2.31. The zero-order valence-electron chi connectivity index (χ0n) is 13.1. The van der Waals surface area contributed by atoms with Crippen molar-refractivity contribution >= 4 is 5.91 Å². The van der Waals surface area contributed by atoms with E-state index in [0.717, 1.165) is 0 Å². The molecule has 0 aliphatic heterocycles. The number of aromatic nitrogens is 5. The molecule has 8 nitrogen and oxygen atoms in total. The second-order valence-electron chi connectivity index (χ2n) is 5.96. The summed E-state index contributed by atoms with van der Waals surface area (Å²) in [6.45, 7) is 0. The second-order valence-corrected chi connectivity index (χ2v) is 5.96. The summed E-state index contributed by atoms with van der Waals surface area (Å²) in [5.74, 6) is 0.494. The molecule has 3 heterocycles. The molecular weight excluding hydrogens is 308 g/mol. The lowest BCUT2D eigenvalue weighted by Gasteiger charge is -2.41. The molecule has 1 amide bonds. The Morgan fingerprint density at radius 3 is 2.71 bits per heavy atom. The Bertz CT molecular complexity index is 836. The largest absolute Gasteiger partial charge is 0.391 e. The Morgan fingerprint density at radius 2 is 2.04 bits per heavy atom. The summed E-state index contributed by atoms with van der Waals surface area (Å²) in [5.41, 5.74) is 0.495. The normalized spacial score (nSPS) is 23.0. The van der Waals surface area contributed by atoms with E-state index in [1.165, 1.54) is 0 Å². The molecule has 1 aliphatic rings. The van der Waals surface area contributed by atoms with Crippen LogP contribution in [-0.4, -0.2) is 47.3 Å². The van der Waals surface area contributed by atoms with Gasteiger partial charge in [-0.25, -0.2) is 0 Å². The van der Waals surface area contributed by atoms with E-state index in [9.17, 15) is 9.90 Å². The molecule has 0 unspecified atom stereocenters. The maximum absolute atomic E-state index is 12.7. The molecule has 0 aromatic carbocycles. The molecule has 2 N–H and O–H groups in total. The number of aliphatic hydroxyl groups excluding tert-OH is 1. The van der Waals surface area contributed by atoms with Gasteiger partial charge in [0.05, 0.1) is 24.4 Å². The van der Waals surface area contributed by atoms with Crippen molar-refractivity contribution in [3.05, 3.63) is 54.7 Å². The average Bonchev–Trinajstić information content (AvgIpc) is 3.27. The zero-order chi connectivity index (χ0) is 16.7. The number of hydrogen-bond donors (Lipinski definition) is 2. The van der Waals surface area contributed by atoms with Gasteiger partial charge in [-0.2, -0.15) is 10.2 Å². The Labute approximate surface area is 138 Å². The first-order valence-corrected chi connectivity index (χ1v) is 7.78. The van der Waals surface area contributed by atoms with Gasteiger partial charge in [0, 0.05) is 31.8 Å². The summed E-state index contributed by atoms with van der Waals surface area (Å²) in [5, 5.41) is 21.4. The van der Waals surface area contributed by atoms with Crippen molar-refractivity contribution < 1.29 is 9.90 Å². The van der Waals surface area contributed by atoms with E-state index in [-0.39, 0.29) is 18.0 Å². The van der Waals surface area contributed by atoms with Crippen LogP contribution in [0.2, 0.25) is 0 Å². The van der Waals surface area contributed by atoms with Crippen LogP contribution < -0.4 is 5.32 Å². The molecule has 1 aliphatic carbocycles. The molecule has 3 aromatic rings. The van der Waals surface area contributed by atoms with Gasteiger partial charge in [0.25, 0.3) is 5.91 Å². The molecule has 1 saturated carbocycles. The predicted molar refractivity (Wildman–Crippen MR) is 85.7 cm³/mol. The highest BCUT2D eigenvalue weighted by molar-refractivity contribution is 5.97. The molecule has 0 spiro atoms. The number of nitrogens with zero attached hydrogens (tertiary/aromatic N) is 5. The van der Waals surface area contributed by atoms with Gasteiger partial charge in [0.2, 0.25) is 0 Å². The minimum Gasteiger partial charge on any atom is -0.391 e. The monoisotopic (exact) mass is 326 g/mol. The van der Waals surface area contributed by atoms with Crippen molar-refractivity contribution in [2.45, 2.75) is 24.6 Å². The predicted octanol–water partition coefficient (Wildman–Crippen LogP) is 0.512. The number of hydrogen-bond acceptors (Lipinski definition) is 4. The molecule has 3 atom stereocenters. The fourth-order valence-corrected chi connectivity index (χ4v) is 3.19. The maximum atomic E-state index is 12.7. The number of carbonyl (C=O) groups is 1. The fraction of sp³-hybridized carbons (Fsp3) is 0.312. The van der Waals surface area contributed by atoms with Gasteiger partial charge < -0.3 is 15.0 Å². The molecule has 1 fully saturated rings. The molecule has 3 aromatic heterocycles.